The molecule has 94 valence electrons. The molecule has 0 spiro atoms. The Labute approximate surface area is 105 Å². The lowest BCUT2D eigenvalue weighted by atomic mass is 9.99. The van der Waals surface area contributed by atoms with Crippen LogP contribution in [0.5, 0.6) is 0 Å². The predicted molar refractivity (Wildman–Crippen MR) is 68.2 cm³/mol. The largest absolute Gasteiger partial charge is 0.388 e. The lowest BCUT2D eigenvalue weighted by Crippen LogP contribution is -2.31. The summed E-state index contributed by atoms with van der Waals surface area (Å²) < 4.78 is 1.88. The maximum atomic E-state index is 9.14. The Morgan fingerprint density at radius 2 is 2.17 bits per heavy atom. The maximum Gasteiger partial charge on any atom is 0.222 e. The highest BCUT2D eigenvalue weighted by molar-refractivity contribution is 5.34. The van der Waals surface area contributed by atoms with Crippen molar-refractivity contribution in [1.29, 1.82) is 0 Å². The summed E-state index contributed by atoms with van der Waals surface area (Å²) in [6, 6.07) is 10.8. The molecule has 0 bridgehead atoms. The number of nitrogens with one attached hydrogen (secondary N) is 1. The minimum Gasteiger partial charge on any atom is -0.388 e. The molecule has 1 aromatic heterocycles. The molecule has 0 fully saturated rings. The van der Waals surface area contributed by atoms with E-state index in [0.29, 0.717) is 11.9 Å². The zero-order valence-corrected chi connectivity index (χ0v) is 10.2. The van der Waals surface area contributed by atoms with Crippen molar-refractivity contribution >= 4 is 5.95 Å². The van der Waals surface area contributed by atoms with E-state index in [1.807, 2.05) is 22.9 Å². The summed E-state index contributed by atoms with van der Waals surface area (Å²) in [7, 11) is 0. The van der Waals surface area contributed by atoms with Crippen LogP contribution in [0.3, 0.4) is 0 Å². The van der Waals surface area contributed by atoms with Crippen molar-refractivity contribution < 1.29 is 5.11 Å². The van der Waals surface area contributed by atoms with Crippen molar-refractivity contribution in [2.75, 3.05) is 5.32 Å². The summed E-state index contributed by atoms with van der Waals surface area (Å²) in [5, 5.41) is 16.8. The van der Waals surface area contributed by atoms with E-state index in [2.05, 4.69) is 34.5 Å². The average molecular weight is 244 g/mol. The van der Waals surface area contributed by atoms with Gasteiger partial charge in [-0.2, -0.15) is 10.1 Å². The summed E-state index contributed by atoms with van der Waals surface area (Å²) in [5.41, 5.74) is 1.22. The van der Waals surface area contributed by atoms with E-state index >= 15 is 0 Å². The summed E-state index contributed by atoms with van der Waals surface area (Å²) in [4.78, 5) is 4.29. The van der Waals surface area contributed by atoms with Gasteiger partial charge in [0, 0.05) is 6.04 Å². The Balaban J connectivity index is 2.04. The third-order valence-corrected chi connectivity index (χ3v) is 3.25. The number of aliphatic hydroxyl groups excluding tert-OH is 1. The summed E-state index contributed by atoms with van der Waals surface area (Å²) in [5.74, 6) is 1.21. The predicted octanol–water partition coefficient (Wildman–Crippen LogP) is 1.56. The number of nitrogens with zero attached hydrogens (tertiary/aromatic N) is 3. The first kappa shape index (κ1) is 11.2. The number of hydrogen-bond donors (Lipinski definition) is 2. The first-order valence-corrected chi connectivity index (χ1v) is 6.15. The monoisotopic (exact) mass is 244 g/mol. The molecule has 0 radical (unpaired) electrons. The lowest BCUT2D eigenvalue weighted by molar-refractivity contribution is 0.270. The topological polar surface area (TPSA) is 63.0 Å². The van der Waals surface area contributed by atoms with Crippen molar-refractivity contribution in [3.63, 3.8) is 0 Å². The quantitative estimate of drug-likeness (QED) is 0.841. The molecule has 2 aromatic rings. The number of aromatic nitrogens is 3. The van der Waals surface area contributed by atoms with Gasteiger partial charge in [-0.3, -0.25) is 0 Å². The van der Waals surface area contributed by atoms with E-state index in [4.69, 9.17) is 5.11 Å². The number of fused-ring (bicyclic) bond motifs is 1. The molecule has 5 nitrogen and oxygen atoms in total. The first-order chi connectivity index (χ1) is 8.78. The van der Waals surface area contributed by atoms with E-state index in [1.165, 1.54) is 5.56 Å². The van der Waals surface area contributed by atoms with Crippen LogP contribution in [-0.2, 0) is 6.61 Å². The molecule has 18 heavy (non-hydrogen) atoms. The Bertz CT molecular complexity index is 537. The fourth-order valence-corrected chi connectivity index (χ4v) is 2.42. The average Bonchev–Trinajstić information content (AvgIpc) is 2.81. The van der Waals surface area contributed by atoms with Crippen LogP contribution in [0.4, 0.5) is 5.95 Å². The molecule has 5 heteroatoms. The van der Waals surface area contributed by atoms with Gasteiger partial charge in [-0.25, -0.2) is 4.68 Å². The highest BCUT2D eigenvalue weighted by atomic mass is 16.3. The summed E-state index contributed by atoms with van der Waals surface area (Å²) >= 11 is 0. The van der Waals surface area contributed by atoms with Gasteiger partial charge >= 0.3 is 0 Å². The van der Waals surface area contributed by atoms with E-state index in [-0.39, 0.29) is 12.6 Å². The highest BCUT2D eigenvalue weighted by Crippen LogP contribution is 2.30. The Kier molecular flexibility index (Phi) is 2.76. The van der Waals surface area contributed by atoms with E-state index in [1.54, 1.807) is 0 Å². The number of aliphatic hydroxyl groups is 1. The summed E-state index contributed by atoms with van der Waals surface area (Å²) in [6.07, 6.45) is 0.964. The third-order valence-electron chi connectivity index (χ3n) is 3.25. The first-order valence-electron chi connectivity index (χ1n) is 6.15. The second kappa shape index (κ2) is 4.42. The number of rotatable bonds is 2. The van der Waals surface area contributed by atoms with E-state index in [0.717, 1.165) is 12.4 Å². The molecule has 1 aromatic carbocycles. The molecule has 2 heterocycles. The van der Waals surface area contributed by atoms with Crippen LogP contribution in [0.2, 0.25) is 0 Å². The fraction of sp³-hybridized carbons (Fsp3) is 0.385. The molecule has 0 saturated carbocycles. The minimum atomic E-state index is -0.127. The van der Waals surface area contributed by atoms with Gasteiger partial charge in [0.25, 0.3) is 0 Å². The van der Waals surface area contributed by atoms with Crippen molar-refractivity contribution in [3.8, 4) is 0 Å². The molecule has 0 saturated heterocycles. The molecule has 2 N–H and O–H groups in total. The van der Waals surface area contributed by atoms with Gasteiger partial charge < -0.3 is 10.4 Å². The number of hydrogen-bond acceptors (Lipinski definition) is 4. The van der Waals surface area contributed by atoms with Crippen LogP contribution >= 0.6 is 0 Å². The zero-order valence-electron chi connectivity index (χ0n) is 10.2. The molecule has 0 unspecified atom stereocenters. The normalized spacial score (nSPS) is 22.3. The van der Waals surface area contributed by atoms with Gasteiger partial charge in [0.15, 0.2) is 5.82 Å². The number of benzene rings is 1. The van der Waals surface area contributed by atoms with Gasteiger partial charge in [0.1, 0.15) is 6.61 Å². The number of anilines is 1. The molecule has 2 atom stereocenters. The van der Waals surface area contributed by atoms with Gasteiger partial charge in [0.05, 0.1) is 6.04 Å². The van der Waals surface area contributed by atoms with Gasteiger partial charge in [0.2, 0.25) is 5.95 Å². The smallest absolute Gasteiger partial charge is 0.222 e. The molecular formula is C13H16N4O. The molecule has 0 amide bonds. The van der Waals surface area contributed by atoms with Crippen molar-refractivity contribution in [2.24, 2.45) is 0 Å². The Morgan fingerprint density at radius 1 is 1.39 bits per heavy atom. The van der Waals surface area contributed by atoms with E-state index < -0.39 is 0 Å². The van der Waals surface area contributed by atoms with E-state index in [9.17, 15) is 0 Å². The standard InChI is InChI=1S/C13H16N4O/c1-9-7-11(10-5-3-2-4-6-10)17-13(14-9)15-12(8-18)16-17/h2-6,9,11,18H,7-8H2,1H3,(H,14,15,16)/t9-,11+/m0/s1. The maximum absolute atomic E-state index is 9.14. The molecule has 1 aliphatic rings. The van der Waals surface area contributed by atoms with Crippen LogP contribution in [-0.4, -0.2) is 25.9 Å². The molecule has 3 rings (SSSR count). The van der Waals surface area contributed by atoms with Crippen LogP contribution in [0, 0.1) is 0 Å². The second-order valence-corrected chi connectivity index (χ2v) is 4.66. The highest BCUT2D eigenvalue weighted by Gasteiger charge is 2.27. The van der Waals surface area contributed by atoms with Crippen LogP contribution in [0.1, 0.15) is 30.8 Å². The van der Waals surface area contributed by atoms with Gasteiger partial charge in [-0.05, 0) is 18.9 Å². The third kappa shape index (κ3) is 1.86. The van der Waals surface area contributed by atoms with Gasteiger partial charge in [-0.1, -0.05) is 30.3 Å². The Hall–Kier alpha value is -1.88. The van der Waals surface area contributed by atoms with Crippen molar-refractivity contribution in [1.82, 2.24) is 14.8 Å². The lowest BCUT2D eigenvalue weighted by Gasteiger charge is -2.29. The Morgan fingerprint density at radius 3 is 2.89 bits per heavy atom. The zero-order chi connectivity index (χ0) is 12.5. The van der Waals surface area contributed by atoms with Crippen LogP contribution < -0.4 is 5.32 Å². The van der Waals surface area contributed by atoms with Crippen LogP contribution in [0.25, 0.3) is 0 Å². The van der Waals surface area contributed by atoms with Crippen LogP contribution in [0.15, 0.2) is 30.3 Å². The summed E-state index contributed by atoms with van der Waals surface area (Å²) in [6.45, 7) is 2.00. The molecule has 1 aliphatic heterocycles. The molecular weight excluding hydrogens is 228 g/mol. The second-order valence-electron chi connectivity index (χ2n) is 4.66. The van der Waals surface area contributed by atoms with Crippen molar-refractivity contribution in [2.45, 2.75) is 32.0 Å². The fourth-order valence-electron chi connectivity index (χ4n) is 2.42. The van der Waals surface area contributed by atoms with Gasteiger partial charge in [-0.15, -0.1) is 0 Å². The minimum absolute atomic E-state index is 0.127. The SMILES string of the molecule is C[C@H]1C[C@H](c2ccccc2)n2nc(CO)nc2N1. The van der Waals surface area contributed by atoms with Crippen molar-refractivity contribution in [3.05, 3.63) is 41.7 Å². The molecule has 0 aliphatic carbocycles.